The summed E-state index contributed by atoms with van der Waals surface area (Å²) in [5, 5.41) is 24.3. The van der Waals surface area contributed by atoms with E-state index in [-0.39, 0.29) is 11.3 Å². The third-order valence-corrected chi connectivity index (χ3v) is 3.89. The van der Waals surface area contributed by atoms with E-state index in [1.807, 2.05) is 0 Å². The first-order valence-corrected chi connectivity index (χ1v) is 7.87. The summed E-state index contributed by atoms with van der Waals surface area (Å²) in [6, 6.07) is 11.2. The third-order valence-electron chi connectivity index (χ3n) is 3.89. The van der Waals surface area contributed by atoms with Gasteiger partial charge in [-0.1, -0.05) is 18.2 Å². The maximum atomic E-state index is 12.6. The van der Waals surface area contributed by atoms with E-state index in [4.69, 9.17) is 0 Å². The van der Waals surface area contributed by atoms with Crippen molar-refractivity contribution in [2.75, 3.05) is 5.32 Å². The quantitative estimate of drug-likeness (QED) is 0.529. The lowest BCUT2D eigenvalue weighted by molar-refractivity contribution is -0.394. The summed E-state index contributed by atoms with van der Waals surface area (Å²) in [7, 11) is 1.60. The Kier molecular flexibility index (Phi) is 4.73. The average Bonchev–Trinajstić information content (AvgIpc) is 2.95. The first kappa shape index (κ1) is 18.5. The number of nitro benzene ring substituents is 2. The summed E-state index contributed by atoms with van der Waals surface area (Å²) in [6.07, 6.45) is 1.37. The Balaban J connectivity index is 1.98. The molecule has 3 aromatic rings. The van der Waals surface area contributed by atoms with Crippen molar-refractivity contribution in [1.29, 1.82) is 0 Å². The summed E-state index contributed by atoms with van der Waals surface area (Å²) in [5.74, 6) is -0.880. The van der Waals surface area contributed by atoms with Gasteiger partial charge >= 0.3 is 0 Å². The summed E-state index contributed by atoms with van der Waals surface area (Å²) >= 11 is 0. The van der Waals surface area contributed by atoms with Gasteiger partial charge in [0.15, 0.2) is 0 Å². The normalized spacial score (nSPS) is 10.5. The second kappa shape index (κ2) is 7.15. The summed E-state index contributed by atoms with van der Waals surface area (Å²) in [4.78, 5) is 45.3. The number of carbonyl (C=O) groups is 1. The minimum atomic E-state index is -0.880. The molecule has 1 heterocycles. The van der Waals surface area contributed by atoms with Gasteiger partial charge in [0, 0.05) is 19.2 Å². The predicted molar refractivity (Wildman–Crippen MR) is 98.7 cm³/mol. The molecule has 1 aromatic heterocycles. The summed E-state index contributed by atoms with van der Waals surface area (Å²) in [5.41, 5.74) is -1.55. The van der Waals surface area contributed by atoms with Gasteiger partial charge in [-0.15, -0.1) is 0 Å². The number of carbonyl (C=O) groups excluding carboxylic acids is 1. The maximum Gasteiger partial charge on any atom is 0.295 e. The molecular weight excluding hydrogens is 370 g/mol. The zero-order valence-corrected chi connectivity index (χ0v) is 14.4. The number of hydrogen-bond acceptors (Lipinski definition) is 6. The molecule has 0 spiro atoms. The van der Waals surface area contributed by atoms with Gasteiger partial charge in [-0.3, -0.25) is 34.5 Å². The molecule has 28 heavy (non-hydrogen) atoms. The van der Waals surface area contributed by atoms with Crippen molar-refractivity contribution in [2.45, 2.75) is 0 Å². The smallest absolute Gasteiger partial charge is 0.295 e. The first-order valence-electron chi connectivity index (χ1n) is 7.87. The van der Waals surface area contributed by atoms with Crippen molar-refractivity contribution in [3.8, 4) is 5.69 Å². The zero-order valence-electron chi connectivity index (χ0n) is 14.4. The van der Waals surface area contributed by atoms with Gasteiger partial charge in [0.2, 0.25) is 0 Å². The number of nitro groups is 2. The Morgan fingerprint density at radius 3 is 2.11 bits per heavy atom. The van der Waals surface area contributed by atoms with Gasteiger partial charge in [-0.05, 0) is 12.1 Å². The van der Waals surface area contributed by atoms with Gasteiger partial charge in [0.05, 0.1) is 33.4 Å². The summed E-state index contributed by atoms with van der Waals surface area (Å²) in [6.45, 7) is 0. The minimum absolute atomic E-state index is 0.0782. The number of hydrogen-bond donors (Lipinski definition) is 1. The number of non-ortho nitro benzene ring substituents is 2. The van der Waals surface area contributed by atoms with Crippen LogP contribution in [0.1, 0.15) is 10.4 Å². The number of nitrogens with one attached hydrogen (secondary N) is 1. The average molecular weight is 383 g/mol. The number of benzene rings is 2. The number of para-hydroxylation sites is 1. The SMILES string of the molecule is Cn1cc(NC(=O)c2cc([N+](=O)[O-])cc([N+](=O)[O-])c2)c(=O)n1-c1ccccc1. The molecule has 0 saturated carbocycles. The highest BCUT2D eigenvalue weighted by Gasteiger charge is 2.21. The van der Waals surface area contributed by atoms with Crippen LogP contribution in [0.3, 0.4) is 0 Å². The standard InChI is InChI=1S/C17H13N5O6/c1-19-10-15(17(24)20(19)12-5-3-2-4-6-12)18-16(23)11-7-13(21(25)26)9-14(8-11)22(27)28/h2-10H,1H3,(H,18,23). The van der Waals surface area contributed by atoms with Crippen molar-refractivity contribution in [3.05, 3.63) is 90.9 Å². The molecule has 2 aromatic carbocycles. The van der Waals surface area contributed by atoms with Crippen LogP contribution >= 0.6 is 0 Å². The van der Waals surface area contributed by atoms with E-state index in [9.17, 15) is 29.8 Å². The number of aromatic nitrogens is 2. The van der Waals surface area contributed by atoms with Gasteiger partial charge in [0.1, 0.15) is 5.69 Å². The monoisotopic (exact) mass is 383 g/mol. The van der Waals surface area contributed by atoms with E-state index < -0.39 is 32.7 Å². The third kappa shape index (κ3) is 3.49. The van der Waals surface area contributed by atoms with Crippen LogP contribution < -0.4 is 10.9 Å². The van der Waals surface area contributed by atoms with Gasteiger partial charge < -0.3 is 5.32 Å². The van der Waals surface area contributed by atoms with E-state index in [0.717, 1.165) is 18.2 Å². The van der Waals surface area contributed by atoms with Crippen LogP contribution in [0.15, 0.2) is 59.5 Å². The second-order valence-corrected chi connectivity index (χ2v) is 5.78. The predicted octanol–water partition coefficient (Wildman–Crippen LogP) is 2.24. The molecule has 0 aliphatic heterocycles. The molecule has 0 bridgehead atoms. The van der Waals surface area contributed by atoms with Crippen LogP contribution in [0.2, 0.25) is 0 Å². The van der Waals surface area contributed by atoms with Crippen molar-refractivity contribution < 1.29 is 14.6 Å². The van der Waals surface area contributed by atoms with Crippen molar-refractivity contribution in [2.24, 2.45) is 7.05 Å². The first-order chi connectivity index (χ1) is 13.3. The zero-order chi connectivity index (χ0) is 20.4. The Labute approximate surface area is 156 Å². The molecule has 0 fully saturated rings. The fourth-order valence-electron chi connectivity index (χ4n) is 2.64. The van der Waals surface area contributed by atoms with Crippen LogP contribution in [0.25, 0.3) is 5.69 Å². The molecule has 0 atom stereocenters. The number of nitrogens with zero attached hydrogens (tertiary/aromatic N) is 4. The van der Waals surface area contributed by atoms with E-state index in [1.165, 1.54) is 15.6 Å². The molecule has 142 valence electrons. The fourth-order valence-corrected chi connectivity index (χ4v) is 2.64. The van der Waals surface area contributed by atoms with Gasteiger partial charge in [0.25, 0.3) is 22.8 Å². The Morgan fingerprint density at radius 2 is 1.57 bits per heavy atom. The van der Waals surface area contributed by atoms with Crippen molar-refractivity contribution >= 4 is 23.0 Å². The van der Waals surface area contributed by atoms with E-state index in [0.29, 0.717) is 5.69 Å². The van der Waals surface area contributed by atoms with Crippen LogP contribution in [-0.4, -0.2) is 25.1 Å². The van der Waals surface area contributed by atoms with Crippen LogP contribution in [0.4, 0.5) is 17.1 Å². The van der Waals surface area contributed by atoms with Crippen LogP contribution in [-0.2, 0) is 7.05 Å². The van der Waals surface area contributed by atoms with E-state index in [1.54, 1.807) is 37.4 Å². The molecule has 0 unspecified atom stereocenters. The molecule has 0 saturated heterocycles. The van der Waals surface area contributed by atoms with Gasteiger partial charge in [-0.25, -0.2) is 4.68 Å². The molecule has 11 nitrogen and oxygen atoms in total. The molecule has 0 aliphatic carbocycles. The Morgan fingerprint density at radius 1 is 1.00 bits per heavy atom. The Hall–Kier alpha value is -4.28. The number of aryl methyl sites for hydroxylation is 1. The number of anilines is 1. The molecule has 1 N–H and O–H groups in total. The molecule has 0 aliphatic rings. The number of amides is 1. The van der Waals surface area contributed by atoms with Crippen LogP contribution in [0, 0.1) is 20.2 Å². The summed E-state index contributed by atoms with van der Waals surface area (Å²) < 4.78 is 2.77. The fraction of sp³-hybridized carbons (Fsp3) is 0.0588. The van der Waals surface area contributed by atoms with Crippen molar-refractivity contribution in [1.82, 2.24) is 9.36 Å². The minimum Gasteiger partial charge on any atom is -0.316 e. The highest BCUT2D eigenvalue weighted by atomic mass is 16.6. The lowest BCUT2D eigenvalue weighted by Crippen LogP contribution is -2.23. The largest absolute Gasteiger partial charge is 0.316 e. The number of rotatable bonds is 5. The maximum absolute atomic E-state index is 12.6. The molecule has 1 amide bonds. The lowest BCUT2D eigenvalue weighted by atomic mass is 10.1. The molecule has 3 rings (SSSR count). The highest BCUT2D eigenvalue weighted by molar-refractivity contribution is 6.05. The van der Waals surface area contributed by atoms with Gasteiger partial charge in [-0.2, -0.15) is 0 Å². The Bertz CT molecular complexity index is 1120. The van der Waals surface area contributed by atoms with Crippen molar-refractivity contribution in [3.63, 3.8) is 0 Å². The highest BCUT2D eigenvalue weighted by Crippen LogP contribution is 2.23. The lowest BCUT2D eigenvalue weighted by Gasteiger charge is -2.05. The van der Waals surface area contributed by atoms with Crippen LogP contribution in [0.5, 0.6) is 0 Å². The van der Waals surface area contributed by atoms with E-state index >= 15 is 0 Å². The molecule has 0 radical (unpaired) electrons. The topological polar surface area (TPSA) is 142 Å². The molecule has 11 heteroatoms. The van der Waals surface area contributed by atoms with E-state index in [2.05, 4.69) is 5.32 Å². The molecular formula is C17H13N5O6. The second-order valence-electron chi connectivity index (χ2n) is 5.78.